The summed E-state index contributed by atoms with van der Waals surface area (Å²) in [5.74, 6) is -0.575. The molecule has 0 spiro atoms. The lowest BCUT2D eigenvalue weighted by molar-refractivity contribution is -0.140. The van der Waals surface area contributed by atoms with Crippen LogP contribution in [-0.2, 0) is 32.6 Å². The lowest BCUT2D eigenvalue weighted by atomic mass is 10.0. The number of nitrogens with zero attached hydrogens (tertiary/aromatic N) is 2. The fourth-order valence-corrected chi connectivity index (χ4v) is 6.33. The predicted octanol–water partition coefficient (Wildman–Crippen LogP) is 5.20. The molecule has 1 unspecified atom stereocenters. The second-order valence-electron chi connectivity index (χ2n) is 10.9. The van der Waals surface area contributed by atoms with Crippen LogP contribution in [0.1, 0.15) is 25.0 Å². The Morgan fingerprint density at radius 1 is 0.804 bits per heavy atom. The number of hydrogen-bond acceptors (Lipinski definition) is 6. The van der Waals surface area contributed by atoms with Gasteiger partial charge in [-0.15, -0.1) is 0 Å². The average molecular weight is 648 g/mol. The van der Waals surface area contributed by atoms with Gasteiger partial charge < -0.3 is 19.7 Å². The van der Waals surface area contributed by atoms with Gasteiger partial charge in [0.05, 0.1) is 24.8 Å². The van der Waals surface area contributed by atoms with Crippen LogP contribution in [0.15, 0.2) is 108 Å². The van der Waals surface area contributed by atoms with Crippen molar-refractivity contribution in [3.05, 3.63) is 120 Å². The number of hydrogen-bond donors (Lipinski definition) is 1. The van der Waals surface area contributed by atoms with E-state index in [9.17, 15) is 22.4 Å². The fraction of sp³-hybridized carbons (Fsp3) is 0.257. The molecule has 0 bridgehead atoms. The summed E-state index contributed by atoms with van der Waals surface area (Å²) in [7, 11) is -1.35. The third-order valence-corrected chi connectivity index (χ3v) is 9.02. The Bertz CT molecular complexity index is 1720. The summed E-state index contributed by atoms with van der Waals surface area (Å²) < 4.78 is 53.6. The van der Waals surface area contributed by atoms with Gasteiger partial charge in [0.15, 0.2) is 0 Å². The minimum atomic E-state index is -4.34. The molecule has 46 heavy (non-hydrogen) atoms. The molecule has 2 amide bonds. The topological polar surface area (TPSA) is 105 Å². The molecule has 242 valence electrons. The van der Waals surface area contributed by atoms with E-state index in [4.69, 9.17) is 9.47 Å². The average Bonchev–Trinajstić information content (AvgIpc) is 3.05. The van der Waals surface area contributed by atoms with Crippen molar-refractivity contribution in [3.63, 3.8) is 0 Å². The lowest BCUT2D eigenvalue weighted by Crippen LogP contribution is -2.54. The normalized spacial score (nSPS) is 11.9. The summed E-state index contributed by atoms with van der Waals surface area (Å²) in [6.45, 7) is 2.97. The molecule has 0 aliphatic heterocycles. The van der Waals surface area contributed by atoms with Gasteiger partial charge in [0, 0.05) is 19.0 Å². The number of ether oxygens (including phenoxy) is 2. The number of carbonyl (C=O) groups excluding carboxylic acids is 2. The first-order valence-electron chi connectivity index (χ1n) is 14.7. The van der Waals surface area contributed by atoms with E-state index < -0.39 is 34.3 Å². The Hall–Kier alpha value is -4.90. The Morgan fingerprint density at radius 2 is 1.43 bits per heavy atom. The van der Waals surface area contributed by atoms with Crippen LogP contribution in [0.25, 0.3) is 0 Å². The van der Waals surface area contributed by atoms with E-state index in [0.29, 0.717) is 17.1 Å². The standard InChI is InChI=1S/C35H38FN3O6S/c1-25(2)37-35(41)33(22-26-9-6-5-7-10-26)38(23-27-11-8-12-31(21-27)45-4)34(40)24-39(29-15-13-28(36)14-16-29)46(42,43)32-19-17-30(44-3)18-20-32/h5-21,25,33H,22-24H2,1-4H3,(H,37,41). The maximum atomic E-state index is 14.5. The first kappa shape index (κ1) is 34.0. The van der Waals surface area contributed by atoms with Crippen LogP contribution >= 0.6 is 0 Å². The van der Waals surface area contributed by atoms with E-state index in [0.717, 1.165) is 22.0 Å². The maximum Gasteiger partial charge on any atom is 0.264 e. The minimum Gasteiger partial charge on any atom is -0.497 e. The zero-order valence-electron chi connectivity index (χ0n) is 26.2. The predicted molar refractivity (Wildman–Crippen MR) is 175 cm³/mol. The Morgan fingerprint density at radius 3 is 2.04 bits per heavy atom. The van der Waals surface area contributed by atoms with Gasteiger partial charge in [0.1, 0.15) is 29.9 Å². The Balaban J connectivity index is 1.81. The highest BCUT2D eigenvalue weighted by Gasteiger charge is 2.35. The summed E-state index contributed by atoms with van der Waals surface area (Å²) in [6, 6.07) is 25.7. The first-order valence-corrected chi connectivity index (χ1v) is 16.1. The molecule has 11 heteroatoms. The van der Waals surface area contributed by atoms with Crippen molar-refractivity contribution in [1.82, 2.24) is 10.2 Å². The van der Waals surface area contributed by atoms with E-state index in [-0.39, 0.29) is 35.5 Å². The highest BCUT2D eigenvalue weighted by molar-refractivity contribution is 7.92. The molecule has 4 aromatic rings. The third-order valence-electron chi connectivity index (χ3n) is 7.23. The van der Waals surface area contributed by atoms with Gasteiger partial charge in [-0.2, -0.15) is 0 Å². The number of sulfonamides is 1. The van der Waals surface area contributed by atoms with E-state index in [1.165, 1.54) is 55.5 Å². The largest absolute Gasteiger partial charge is 0.497 e. The van der Waals surface area contributed by atoms with Crippen LogP contribution in [0.4, 0.5) is 10.1 Å². The zero-order valence-corrected chi connectivity index (χ0v) is 27.0. The number of halogens is 1. The van der Waals surface area contributed by atoms with Crippen LogP contribution in [0.2, 0.25) is 0 Å². The number of carbonyl (C=O) groups is 2. The van der Waals surface area contributed by atoms with Crippen molar-refractivity contribution in [2.24, 2.45) is 0 Å². The molecule has 0 saturated carbocycles. The molecule has 0 heterocycles. The van der Waals surface area contributed by atoms with Crippen LogP contribution < -0.4 is 19.1 Å². The van der Waals surface area contributed by atoms with Gasteiger partial charge in [-0.3, -0.25) is 13.9 Å². The maximum absolute atomic E-state index is 14.5. The molecule has 0 saturated heterocycles. The van der Waals surface area contributed by atoms with Crippen LogP contribution in [0, 0.1) is 5.82 Å². The third kappa shape index (κ3) is 8.63. The summed E-state index contributed by atoms with van der Waals surface area (Å²) in [6.07, 6.45) is 0.177. The first-order chi connectivity index (χ1) is 22.0. The number of nitrogens with one attached hydrogen (secondary N) is 1. The van der Waals surface area contributed by atoms with E-state index >= 15 is 0 Å². The molecule has 1 atom stereocenters. The molecule has 1 N–H and O–H groups in total. The van der Waals surface area contributed by atoms with Gasteiger partial charge in [-0.1, -0.05) is 42.5 Å². The van der Waals surface area contributed by atoms with Gasteiger partial charge in [0.25, 0.3) is 10.0 Å². The molecule has 4 rings (SSSR count). The summed E-state index contributed by atoms with van der Waals surface area (Å²) in [4.78, 5) is 29.5. The minimum absolute atomic E-state index is 0.0150. The van der Waals surface area contributed by atoms with Crippen LogP contribution in [-0.4, -0.2) is 58.0 Å². The van der Waals surface area contributed by atoms with Gasteiger partial charge >= 0.3 is 0 Å². The van der Waals surface area contributed by atoms with Crippen molar-refractivity contribution < 1.29 is 31.9 Å². The second-order valence-corrected chi connectivity index (χ2v) is 12.8. The number of benzene rings is 4. The molecular formula is C35H38FN3O6S. The van der Waals surface area contributed by atoms with Crippen molar-refractivity contribution >= 4 is 27.5 Å². The molecule has 0 aliphatic carbocycles. The van der Waals surface area contributed by atoms with Crippen molar-refractivity contribution in [1.29, 1.82) is 0 Å². The highest BCUT2D eigenvalue weighted by atomic mass is 32.2. The summed E-state index contributed by atoms with van der Waals surface area (Å²) >= 11 is 0. The lowest BCUT2D eigenvalue weighted by Gasteiger charge is -2.34. The van der Waals surface area contributed by atoms with Gasteiger partial charge in [-0.25, -0.2) is 12.8 Å². The van der Waals surface area contributed by atoms with Crippen LogP contribution in [0.3, 0.4) is 0 Å². The van der Waals surface area contributed by atoms with E-state index in [1.54, 1.807) is 24.3 Å². The second kappa shape index (κ2) is 15.4. The monoisotopic (exact) mass is 647 g/mol. The molecule has 0 aliphatic rings. The summed E-state index contributed by atoms with van der Waals surface area (Å²) in [5.41, 5.74) is 1.57. The molecule has 0 radical (unpaired) electrons. The van der Waals surface area contributed by atoms with Gasteiger partial charge in [-0.05, 0) is 85.6 Å². The number of anilines is 1. The number of amides is 2. The molecule has 0 aromatic heterocycles. The molecule has 4 aromatic carbocycles. The number of methoxy groups -OCH3 is 2. The Kier molecular flexibility index (Phi) is 11.4. The highest BCUT2D eigenvalue weighted by Crippen LogP contribution is 2.27. The zero-order chi connectivity index (χ0) is 33.3. The van der Waals surface area contributed by atoms with Crippen LogP contribution in [0.5, 0.6) is 11.5 Å². The van der Waals surface area contributed by atoms with Crippen molar-refractivity contribution in [2.45, 2.75) is 43.8 Å². The number of rotatable bonds is 14. The summed E-state index contributed by atoms with van der Waals surface area (Å²) in [5, 5.41) is 2.92. The van der Waals surface area contributed by atoms with Gasteiger partial charge in [0.2, 0.25) is 11.8 Å². The van der Waals surface area contributed by atoms with Crippen molar-refractivity contribution in [2.75, 3.05) is 25.1 Å². The smallest absolute Gasteiger partial charge is 0.264 e. The molecule has 9 nitrogen and oxygen atoms in total. The SMILES string of the molecule is COc1ccc(S(=O)(=O)N(CC(=O)N(Cc2cccc(OC)c2)C(Cc2ccccc2)C(=O)NC(C)C)c2ccc(F)cc2)cc1. The Labute approximate surface area is 269 Å². The quantitative estimate of drug-likeness (QED) is 0.202. The van der Waals surface area contributed by atoms with E-state index in [2.05, 4.69) is 5.32 Å². The van der Waals surface area contributed by atoms with Crippen molar-refractivity contribution in [3.8, 4) is 11.5 Å². The fourth-order valence-electron chi connectivity index (χ4n) is 4.91. The molecule has 0 fully saturated rings. The molecular weight excluding hydrogens is 609 g/mol. The van der Waals surface area contributed by atoms with E-state index in [1.807, 2.05) is 44.2 Å².